The van der Waals surface area contributed by atoms with Crippen molar-refractivity contribution in [2.45, 2.75) is 63.6 Å². The molecular weight excluding hydrogens is 348 g/mol. The molecule has 1 atom stereocenters. The smallest absolute Gasteiger partial charge is 0.254 e. The molecule has 1 aliphatic heterocycles. The third kappa shape index (κ3) is 3.11. The third-order valence-corrected chi connectivity index (χ3v) is 6.17. The second-order valence-electron chi connectivity index (χ2n) is 8.37. The van der Waals surface area contributed by atoms with E-state index in [2.05, 4.69) is 17.4 Å². The molecule has 2 amide bonds. The van der Waals surface area contributed by atoms with Gasteiger partial charge in [-0.25, -0.2) is 0 Å². The van der Waals surface area contributed by atoms with Crippen LogP contribution in [0.5, 0.6) is 0 Å². The van der Waals surface area contributed by atoms with Gasteiger partial charge in [-0.05, 0) is 43.9 Å². The van der Waals surface area contributed by atoms with Crippen molar-refractivity contribution in [3.63, 3.8) is 0 Å². The maximum absolute atomic E-state index is 13.6. The Bertz CT molecular complexity index is 869. The Morgan fingerprint density at radius 3 is 2.39 bits per heavy atom. The number of benzene rings is 2. The molecule has 146 valence electrons. The normalized spacial score (nSPS) is 20.5. The topological polar surface area (TPSA) is 49.4 Å². The van der Waals surface area contributed by atoms with E-state index in [-0.39, 0.29) is 23.8 Å². The first-order valence-corrected chi connectivity index (χ1v) is 10.3. The van der Waals surface area contributed by atoms with Crippen LogP contribution in [-0.4, -0.2) is 28.3 Å². The van der Waals surface area contributed by atoms with Crippen LogP contribution in [0.1, 0.15) is 66.9 Å². The van der Waals surface area contributed by atoms with Crippen LogP contribution in [0.25, 0.3) is 0 Å². The summed E-state index contributed by atoms with van der Waals surface area (Å²) in [6, 6.07) is 17.8. The summed E-state index contributed by atoms with van der Waals surface area (Å²) in [6.45, 7) is 4.52. The van der Waals surface area contributed by atoms with Crippen molar-refractivity contribution in [3.8, 4) is 0 Å². The molecule has 4 rings (SSSR count). The van der Waals surface area contributed by atoms with Gasteiger partial charge < -0.3 is 10.2 Å². The molecule has 4 heteroatoms. The predicted molar refractivity (Wildman–Crippen MR) is 110 cm³/mol. The summed E-state index contributed by atoms with van der Waals surface area (Å²) in [5, 5.41) is 3.13. The first-order chi connectivity index (χ1) is 13.5. The van der Waals surface area contributed by atoms with E-state index in [4.69, 9.17) is 0 Å². The quantitative estimate of drug-likeness (QED) is 0.867. The number of nitrogens with one attached hydrogen (secondary N) is 1. The largest absolute Gasteiger partial charge is 0.353 e. The Kier molecular flexibility index (Phi) is 4.96. The molecule has 1 spiro atoms. The van der Waals surface area contributed by atoms with Crippen molar-refractivity contribution in [2.75, 3.05) is 0 Å². The molecule has 1 heterocycles. The van der Waals surface area contributed by atoms with E-state index in [1.54, 1.807) is 0 Å². The molecule has 2 aromatic rings. The van der Waals surface area contributed by atoms with Gasteiger partial charge in [0, 0.05) is 18.2 Å². The molecule has 0 saturated heterocycles. The molecule has 28 heavy (non-hydrogen) atoms. The SMILES string of the molecule is CC(C)NC(=O)C1c2ccccc2C(=O)N(Cc2ccccc2)C12CCCC2. The number of nitrogens with zero attached hydrogens (tertiary/aromatic N) is 1. The van der Waals surface area contributed by atoms with Crippen LogP contribution in [-0.2, 0) is 11.3 Å². The molecule has 1 aliphatic carbocycles. The van der Waals surface area contributed by atoms with Crippen molar-refractivity contribution < 1.29 is 9.59 Å². The number of rotatable bonds is 4. The Morgan fingerprint density at radius 1 is 1.07 bits per heavy atom. The lowest BCUT2D eigenvalue weighted by molar-refractivity contribution is -0.127. The van der Waals surface area contributed by atoms with Crippen LogP contribution in [0.4, 0.5) is 0 Å². The highest BCUT2D eigenvalue weighted by Gasteiger charge is 2.55. The maximum Gasteiger partial charge on any atom is 0.254 e. The lowest BCUT2D eigenvalue weighted by atomic mass is 9.70. The van der Waals surface area contributed by atoms with Gasteiger partial charge in [-0.1, -0.05) is 61.4 Å². The van der Waals surface area contributed by atoms with Crippen LogP contribution in [0, 0.1) is 0 Å². The molecule has 2 aliphatic rings. The molecule has 0 radical (unpaired) electrons. The summed E-state index contributed by atoms with van der Waals surface area (Å²) in [7, 11) is 0. The van der Waals surface area contributed by atoms with Gasteiger partial charge in [0.25, 0.3) is 5.91 Å². The van der Waals surface area contributed by atoms with Crippen LogP contribution in [0.15, 0.2) is 54.6 Å². The van der Waals surface area contributed by atoms with Crippen molar-refractivity contribution in [1.82, 2.24) is 10.2 Å². The van der Waals surface area contributed by atoms with Crippen molar-refractivity contribution in [2.24, 2.45) is 0 Å². The highest BCUT2D eigenvalue weighted by atomic mass is 16.2. The Hall–Kier alpha value is -2.62. The number of carbonyl (C=O) groups excluding carboxylic acids is 2. The highest BCUT2D eigenvalue weighted by Crippen LogP contribution is 2.50. The zero-order valence-corrected chi connectivity index (χ0v) is 16.7. The average molecular weight is 377 g/mol. The number of hydrogen-bond acceptors (Lipinski definition) is 2. The molecule has 1 N–H and O–H groups in total. The monoisotopic (exact) mass is 376 g/mol. The van der Waals surface area contributed by atoms with Gasteiger partial charge in [0.2, 0.25) is 5.91 Å². The fraction of sp³-hybridized carbons (Fsp3) is 0.417. The number of carbonyl (C=O) groups is 2. The second-order valence-corrected chi connectivity index (χ2v) is 8.37. The molecule has 1 unspecified atom stereocenters. The summed E-state index contributed by atoms with van der Waals surface area (Å²) >= 11 is 0. The second kappa shape index (κ2) is 7.42. The Morgan fingerprint density at radius 2 is 1.71 bits per heavy atom. The first kappa shape index (κ1) is 18.7. The van der Waals surface area contributed by atoms with Crippen molar-refractivity contribution in [3.05, 3.63) is 71.3 Å². The van der Waals surface area contributed by atoms with Crippen LogP contribution in [0.2, 0.25) is 0 Å². The standard InChI is InChI=1S/C24H28N2O2/c1-17(2)25-22(27)21-19-12-6-7-13-20(19)23(28)26(24(21)14-8-9-15-24)16-18-10-4-3-5-11-18/h3-7,10-13,17,21H,8-9,14-16H2,1-2H3,(H,25,27). The van der Waals surface area contributed by atoms with Gasteiger partial charge in [0.05, 0.1) is 11.5 Å². The summed E-state index contributed by atoms with van der Waals surface area (Å²) < 4.78 is 0. The zero-order chi connectivity index (χ0) is 19.7. The van der Waals surface area contributed by atoms with Gasteiger partial charge in [-0.3, -0.25) is 9.59 Å². The fourth-order valence-electron chi connectivity index (χ4n) is 5.03. The minimum absolute atomic E-state index is 0.0370. The van der Waals surface area contributed by atoms with Crippen molar-refractivity contribution >= 4 is 11.8 Å². The van der Waals surface area contributed by atoms with Crippen molar-refractivity contribution in [1.29, 1.82) is 0 Å². The Balaban J connectivity index is 1.84. The Labute approximate surface area is 166 Å². The lowest BCUT2D eigenvalue weighted by Crippen LogP contribution is -2.60. The molecule has 0 aromatic heterocycles. The van der Waals surface area contributed by atoms with E-state index in [1.807, 2.05) is 61.2 Å². The summed E-state index contributed by atoms with van der Waals surface area (Å²) in [5.74, 6) is -0.236. The molecule has 2 aromatic carbocycles. The van der Waals surface area contributed by atoms with E-state index in [1.165, 1.54) is 0 Å². The van der Waals surface area contributed by atoms with Gasteiger partial charge in [0.15, 0.2) is 0 Å². The van der Waals surface area contributed by atoms with Gasteiger partial charge >= 0.3 is 0 Å². The predicted octanol–water partition coefficient (Wildman–Crippen LogP) is 4.26. The van der Waals surface area contributed by atoms with E-state index >= 15 is 0 Å². The molecule has 4 nitrogen and oxygen atoms in total. The van der Waals surface area contributed by atoms with Gasteiger partial charge in [0.1, 0.15) is 0 Å². The summed E-state index contributed by atoms with van der Waals surface area (Å²) in [6.07, 6.45) is 3.84. The third-order valence-electron chi connectivity index (χ3n) is 6.17. The maximum atomic E-state index is 13.6. The number of amides is 2. The van der Waals surface area contributed by atoms with Gasteiger partial charge in [-0.15, -0.1) is 0 Å². The molecule has 0 bridgehead atoms. The number of hydrogen-bond donors (Lipinski definition) is 1. The highest BCUT2D eigenvalue weighted by molar-refractivity contribution is 6.02. The van der Waals surface area contributed by atoms with E-state index < -0.39 is 5.54 Å². The van der Waals surface area contributed by atoms with E-state index in [0.717, 1.165) is 36.8 Å². The lowest BCUT2D eigenvalue weighted by Gasteiger charge is -2.50. The fourth-order valence-corrected chi connectivity index (χ4v) is 5.03. The molecule has 1 fully saturated rings. The van der Waals surface area contributed by atoms with Crippen LogP contribution < -0.4 is 5.32 Å². The first-order valence-electron chi connectivity index (χ1n) is 10.3. The van der Waals surface area contributed by atoms with E-state index in [0.29, 0.717) is 12.1 Å². The minimum Gasteiger partial charge on any atom is -0.353 e. The summed E-state index contributed by atoms with van der Waals surface area (Å²) in [4.78, 5) is 29.0. The summed E-state index contributed by atoms with van der Waals surface area (Å²) in [5.41, 5.74) is 2.21. The average Bonchev–Trinajstić information content (AvgIpc) is 3.15. The van der Waals surface area contributed by atoms with Crippen LogP contribution in [0.3, 0.4) is 0 Å². The molecule has 1 saturated carbocycles. The minimum atomic E-state index is -0.444. The van der Waals surface area contributed by atoms with Crippen LogP contribution >= 0.6 is 0 Å². The zero-order valence-electron chi connectivity index (χ0n) is 16.7. The number of fused-ring (bicyclic) bond motifs is 1. The van der Waals surface area contributed by atoms with E-state index in [9.17, 15) is 9.59 Å². The van der Waals surface area contributed by atoms with Gasteiger partial charge in [-0.2, -0.15) is 0 Å². The molecular formula is C24H28N2O2.